The van der Waals surface area contributed by atoms with Gasteiger partial charge in [-0.15, -0.1) is 0 Å². The van der Waals surface area contributed by atoms with Crippen LogP contribution in [0.25, 0.3) is 0 Å². The number of para-hydroxylation sites is 1. The number of rotatable bonds is 4. The van der Waals surface area contributed by atoms with Crippen LogP contribution in [-0.2, 0) is 0 Å². The lowest BCUT2D eigenvalue weighted by Crippen LogP contribution is -2.19. The van der Waals surface area contributed by atoms with Crippen molar-refractivity contribution >= 4 is 27.4 Å². The van der Waals surface area contributed by atoms with E-state index in [2.05, 4.69) is 25.9 Å². The molecule has 2 rings (SSSR count). The summed E-state index contributed by atoms with van der Waals surface area (Å²) in [6.07, 6.45) is 0. The lowest BCUT2D eigenvalue weighted by molar-refractivity contribution is 0.625. The number of anilines is 2. The van der Waals surface area contributed by atoms with Gasteiger partial charge in [-0.05, 0) is 35.0 Å². The van der Waals surface area contributed by atoms with Crippen LogP contribution in [0.4, 0.5) is 15.9 Å². The van der Waals surface area contributed by atoms with Crippen molar-refractivity contribution in [1.29, 1.82) is 0 Å². The molecule has 0 unspecified atom stereocenters. The van der Waals surface area contributed by atoms with Gasteiger partial charge >= 0.3 is 0 Å². The molecule has 20 heavy (non-hydrogen) atoms. The molecule has 1 aromatic heterocycles. The van der Waals surface area contributed by atoms with Crippen LogP contribution in [0.15, 0.2) is 34.9 Å². The molecular weight excluding hydrogens is 321 g/mol. The number of halogens is 2. The zero-order chi connectivity index (χ0) is 14.7. The Morgan fingerprint density at radius 1 is 1.25 bits per heavy atom. The zero-order valence-corrected chi connectivity index (χ0v) is 13.4. The van der Waals surface area contributed by atoms with E-state index in [1.807, 2.05) is 37.8 Å². The highest BCUT2D eigenvalue weighted by molar-refractivity contribution is 9.10. The van der Waals surface area contributed by atoms with Crippen LogP contribution in [-0.4, -0.2) is 16.5 Å². The van der Waals surface area contributed by atoms with E-state index in [-0.39, 0.29) is 11.7 Å². The maximum absolute atomic E-state index is 14.0. The monoisotopic (exact) mass is 337 g/mol. The van der Waals surface area contributed by atoms with Gasteiger partial charge in [0.2, 0.25) is 0 Å². The lowest BCUT2D eigenvalue weighted by atomic mass is 10.2. The number of hydrogen-bond donors (Lipinski definition) is 0. The van der Waals surface area contributed by atoms with Gasteiger partial charge in [0.25, 0.3) is 0 Å². The quantitative estimate of drug-likeness (QED) is 0.759. The Morgan fingerprint density at radius 3 is 2.55 bits per heavy atom. The highest BCUT2D eigenvalue weighted by Crippen LogP contribution is 2.28. The van der Waals surface area contributed by atoms with Crippen molar-refractivity contribution in [2.24, 2.45) is 0 Å². The van der Waals surface area contributed by atoms with Gasteiger partial charge in [0.05, 0.1) is 5.69 Å². The molecule has 5 heteroatoms. The average Bonchev–Trinajstić information content (AvgIpc) is 2.41. The number of hydrogen-bond acceptors (Lipinski definition) is 3. The summed E-state index contributed by atoms with van der Waals surface area (Å²) in [5.41, 5.74) is 0.523. The fourth-order valence-electron chi connectivity index (χ4n) is 1.95. The van der Waals surface area contributed by atoms with Crippen molar-refractivity contribution in [2.75, 3.05) is 11.4 Å². The van der Waals surface area contributed by atoms with Crippen molar-refractivity contribution < 1.29 is 4.39 Å². The Bertz CT molecular complexity index is 601. The van der Waals surface area contributed by atoms with Crippen LogP contribution in [0, 0.1) is 5.82 Å². The molecule has 0 atom stereocenters. The molecule has 106 valence electrons. The van der Waals surface area contributed by atoms with Gasteiger partial charge in [0.1, 0.15) is 22.1 Å². The average molecular weight is 338 g/mol. The van der Waals surface area contributed by atoms with E-state index in [0.717, 1.165) is 5.82 Å². The van der Waals surface area contributed by atoms with Gasteiger partial charge in [-0.1, -0.05) is 26.0 Å². The minimum absolute atomic E-state index is 0.213. The Balaban J connectivity index is 2.50. The first-order chi connectivity index (χ1) is 9.52. The maximum Gasteiger partial charge on any atom is 0.146 e. The van der Waals surface area contributed by atoms with Gasteiger partial charge in [0, 0.05) is 18.5 Å². The molecule has 1 heterocycles. The topological polar surface area (TPSA) is 29.0 Å². The highest BCUT2D eigenvalue weighted by atomic mass is 79.9. The second-order valence-electron chi connectivity index (χ2n) is 4.76. The third kappa shape index (κ3) is 3.15. The van der Waals surface area contributed by atoms with Crippen molar-refractivity contribution in [1.82, 2.24) is 9.97 Å². The fourth-order valence-corrected chi connectivity index (χ4v) is 2.33. The van der Waals surface area contributed by atoms with Crippen LogP contribution in [0.3, 0.4) is 0 Å². The second-order valence-corrected chi connectivity index (χ2v) is 5.57. The third-order valence-corrected chi connectivity index (χ3v) is 3.36. The van der Waals surface area contributed by atoms with Crippen LogP contribution < -0.4 is 4.90 Å². The summed E-state index contributed by atoms with van der Waals surface area (Å²) in [6.45, 7) is 6.66. The van der Waals surface area contributed by atoms with E-state index >= 15 is 0 Å². The normalized spacial score (nSPS) is 10.9. The Labute approximate surface area is 127 Å². The first-order valence-corrected chi connectivity index (χ1v) is 7.38. The van der Waals surface area contributed by atoms with Crippen molar-refractivity contribution in [2.45, 2.75) is 26.7 Å². The molecule has 2 aromatic rings. The van der Waals surface area contributed by atoms with Crippen LogP contribution >= 0.6 is 15.9 Å². The van der Waals surface area contributed by atoms with Crippen molar-refractivity contribution in [3.63, 3.8) is 0 Å². The summed E-state index contributed by atoms with van der Waals surface area (Å²) >= 11 is 3.40. The Hall–Kier alpha value is -1.49. The molecule has 0 amide bonds. The largest absolute Gasteiger partial charge is 0.324 e. The first-order valence-electron chi connectivity index (χ1n) is 6.59. The molecule has 0 aliphatic rings. The van der Waals surface area contributed by atoms with Crippen LogP contribution in [0.2, 0.25) is 0 Å². The molecule has 0 fully saturated rings. The summed E-state index contributed by atoms with van der Waals surface area (Å²) in [5, 5.41) is 0. The molecule has 0 bridgehead atoms. The molecule has 0 N–H and O–H groups in total. The van der Waals surface area contributed by atoms with E-state index in [1.54, 1.807) is 12.1 Å². The molecule has 0 saturated carbocycles. The minimum Gasteiger partial charge on any atom is -0.324 e. The summed E-state index contributed by atoms with van der Waals surface area (Å²) in [7, 11) is 0. The zero-order valence-electron chi connectivity index (χ0n) is 11.8. The second kappa shape index (κ2) is 6.31. The van der Waals surface area contributed by atoms with Gasteiger partial charge in [-0.25, -0.2) is 14.4 Å². The molecule has 0 saturated heterocycles. The van der Waals surface area contributed by atoms with Crippen molar-refractivity contribution in [3.8, 4) is 0 Å². The van der Waals surface area contributed by atoms with Crippen LogP contribution in [0.1, 0.15) is 32.5 Å². The number of aromatic nitrogens is 2. The smallest absolute Gasteiger partial charge is 0.146 e. The fraction of sp³-hybridized carbons (Fsp3) is 0.333. The number of benzene rings is 1. The van der Waals surface area contributed by atoms with Gasteiger partial charge < -0.3 is 4.90 Å². The summed E-state index contributed by atoms with van der Waals surface area (Å²) in [4.78, 5) is 10.7. The summed E-state index contributed by atoms with van der Waals surface area (Å²) in [6, 6.07) is 8.52. The SMILES string of the molecule is CCN(c1cc(Br)nc(C(C)C)n1)c1ccccc1F. The molecule has 0 spiro atoms. The molecule has 0 radical (unpaired) electrons. The summed E-state index contributed by atoms with van der Waals surface area (Å²) in [5.74, 6) is 1.40. The third-order valence-electron chi connectivity index (χ3n) is 2.95. The Kier molecular flexibility index (Phi) is 4.70. The van der Waals surface area contributed by atoms with Gasteiger partial charge in [-0.2, -0.15) is 0 Å². The standard InChI is InChI=1S/C15H17BrFN3/c1-4-20(12-8-6-5-7-11(12)17)14-9-13(16)18-15(19-14)10(2)3/h5-10H,4H2,1-3H3. The van der Waals surface area contributed by atoms with E-state index in [0.29, 0.717) is 22.7 Å². The van der Waals surface area contributed by atoms with Gasteiger partial charge in [0.15, 0.2) is 0 Å². The van der Waals surface area contributed by atoms with Crippen LogP contribution in [0.5, 0.6) is 0 Å². The minimum atomic E-state index is -0.254. The molecule has 3 nitrogen and oxygen atoms in total. The summed E-state index contributed by atoms with van der Waals surface area (Å²) < 4.78 is 14.7. The highest BCUT2D eigenvalue weighted by Gasteiger charge is 2.15. The van der Waals surface area contributed by atoms with E-state index in [4.69, 9.17) is 0 Å². The van der Waals surface area contributed by atoms with Gasteiger partial charge in [-0.3, -0.25) is 0 Å². The van der Waals surface area contributed by atoms with E-state index in [9.17, 15) is 4.39 Å². The molecule has 0 aliphatic heterocycles. The van der Waals surface area contributed by atoms with Crippen molar-refractivity contribution in [3.05, 3.63) is 46.6 Å². The maximum atomic E-state index is 14.0. The Morgan fingerprint density at radius 2 is 1.95 bits per heavy atom. The van der Waals surface area contributed by atoms with E-state index in [1.165, 1.54) is 6.07 Å². The molecule has 0 aliphatic carbocycles. The predicted octanol–water partition coefficient (Wildman–Crippen LogP) is 4.66. The first kappa shape index (κ1) is 14.9. The molecule has 1 aromatic carbocycles. The lowest BCUT2D eigenvalue weighted by Gasteiger charge is -2.23. The predicted molar refractivity (Wildman–Crippen MR) is 82.9 cm³/mol. The molecular formula is C15H17BrFN3. The number of nitrogens with zero attached hydrogens (tertiary/aromatic N) is 3. The van der Waals surface area contributed by atoms with E-state index < -0.39 is 0 Å².